The van der Waals surface area contributed by atoms with Gasteiger partial charge in [0.15, 0.2) is 5.78 Å². The van der Waals surface area contributed by atoms with E-state index in [1.807, 2.05) is 19.1 Å². The quantitative estimate of drug-likeness (QED) is 0.756. The fraction of sp³-hybridized carbons (Fsp3) is 0.667. The van der Waals surface area contributed by atoms with E-state index >= 15 is 0 Å². The van der Waals surface area contributed by atoms with Gasteiger partial charge >= 0.3 is 0 Å². The van der Waals surface area contributed by atoms with Crippen molar-refractivity contribution in [3.63, 3.8) is 0 Å². The SMILES string of the molecule is Cc1ccc(C(=O)CN(C)CC2CCCCC2)s1. The van der Waals surface area contributed by atoms with Crippen molar-refractivity contribution in [3.8, 4) is 0 Å². The molecule has 0 aliphatic heterocycles. The smallest absolute Gasteiger partial charge is 0.186 e. The maximum atomic E-state index is 12.1. The summed E-state index contributed by atoms with van der Waals surface area (Å²) < 4.78 is 0. The Labute approximate surface area is 114 Å². The summed E-state index contributed by atoms with van der Waals surface area (Å²) in [6.07, 6.45) is 6.83. The Bertz CT molecular complexity index is 393. The van der Waals surface area contributed by atoms with Gasteiger partial charge in [-0.15, -0.1) is 11.3 Å². The molecule has 0 atom stereocenters. The average molecular weight is 265 g/mol. The first-order valence-corrected chi connectivity index (χ1v) is 7.75. The third-order valence-corrected chi connectivity index (χ3v) is 4.77. The average Bonchev–Trinajstić information content (AvgIpc) is 2.77. The van der Waals surface area contributed by atoms with E-state index in [-0.39, 0.29) is 5.78 Å². The topological polar surface area (TPSA) is 20.3 Å². The first-order chi connectivity index (χ1) is 8.65. The zero-order valence-corrected chi connectivity index (χ0v) is 12.3. The summed E-state index contributed by atoms with van der Waals surface area (Å²) in [4.78, 5) is 16.4. The van der Waals surface area contributed by atoms with Crippen molar-refractivity contribution in [2.45, 2.75) is 39.0 Å². The van der Waals surface area contributed by atoms with Gasteiger partial charge in [-0.05, 0) is 44.9 Å². The van der Waals surface area contributed by atoms with Gasteiger partial charge in [0.25, 0.3) is 0 Å². The maximum absolute atomic E-state index is 12.1. The van der Waals surface area contributed by atoms with Crippen molar-refractivity contribution in [1.29, 1.82) is 0 Å². The summed E-state index contributed by atoms with van der Waals surface area (Å²) >= 11 is 1.61. The monoisotopic (exact) mass is 265 g/mol. The van der Waals surface area contributed by atoms with Gasteiger partial charge < -0.3 is 0 Å². The summed E-state index contributed by atoms with van der Waals surface area (Å²) in [6.45, 7) is 3.69. The fourth-order valence-electron chi connectivity index (χ4n) is 2.78. The largest absolute Gasteiger partial charge is 0.299 e. The van der Waals surface area contributed by atoms with E-state index in [1.54, 1.807) is 11.3 Å². The molecule has 1 heterocycles. The van der Waals surface area contributed by atoms with Crippen molar-refractivity contribution in [1.82, 2.24) is 4.90 Å². The Morgan fingerprint density at radius 3 is 2.67 bits per heavy atom. The number of Topliss-reactive ketones (excluding diaryl/α,β-unsaturated/α-hetero) is 1. The van der Waals surface area contributed by atoms with Crippen LogP contribution in [0.2, 0.25) is 0 Å². The van der Waals surface area contributed by atoms with Gasteiger partial charge in [-0.25, -0.2) is 0 Å². The lowest BCUT2D eigenvalue weighted by molar-refractivity contribution is 0.0936. The zero-order chi connectivity index (χ0) is 13.0. The molecule has 1 saturated carbocycles. The predicted molar refractivity (Wildman–Crippen MR) is 77.5 cm³/mol. The third kappa shape index (κ3) is 3.92. The minimum absolute atomic E-state index is 0.270. The molecular formula is C15H23NOS. The molecule has 0 unspecified atom stereocenters. The number of thiophene rings is 1. The minimum Gasteiger partial charge on any atom is -0.299 e. The second-order valence-electron chi connectivity index (χ2n) is 5.53. The van der Waals surface area contributed by atoms with E-state index in [0.717, 1.165) is 17.3 Å². The number of carbonyl (C=O) groups is 1. The molecule has 18 heavy (non-hydrogen) atoms. The van der Waals surface area contributed by atoms with E-state index in [4.69, 9.17) is 0 Å². The molecule has 2 nitrogen and oxygen atoms in total. The third-order valence-electron chi connectivity index (χ3n) is 3.72. The highest BCUT2D eigenvalue weighted by molar-refractivity contribution is 7.14. The second kappa shape index (κ2) is 6.48. The lowest BCUT2D eigenvalue weighted by Crippen LogP contribution is -2.31. The number of aryl methyl sites for hydroxylation is 1. The van der Waals surface area contributed by atoms with Gasteiger partial charge in [0.1, 0.15) is 0 Å². The number of rotatable bonds is 5. The molecule has 1 aromatic rings. The van der Waals surface area contributed by atoms with Crippen LogP contribution in [0.25, 0.3) is 0 Å². The Morgan fingerprint density at radius 1 is 1.33 bits per heavy atom. The Hall–Kier alpha value is -0.670. The summed E-state index contributed by atoms with van der Waals surface area (Å²) in [5, 5.41) is 0. The molecule has 0 amide bonds. The first-order valence-electron chi connectivity index (χ1n) is 6.93. The molecule has 0 bridgehead atoms. The van der Waals surface area contributed by atoms with Crippen LogP contribution in [0.5, 0.6) is 0 Å². The van der Waals surface area contributed by atoms with Crippen LogP contribution in [-0.2, 0) is 0 Å². The molecule has 0 N–H and O–H groups in total. The number of hydrogen-bond acceptors (Lipinski definition) is 3. The summed E-state index contributed by atoms with van der Waals surface area (Å²) in [6, 6.07) is 3.98. The summed E-state index contributed by atoms with van der Waals surface area (Å²) in [7, 11) is 2.08. The van der Waals surface area contributed by atoms with Gasteiger partial charge in [0, 0.05) is 11.4 Å². The molecular weight excluding hydrogens is 242 g/mol. The van der Waals surface area contributed by atoms with E-state index < -0.39 is 0 Å². The van der Waals surface area contributed by atoms with E-state index in [0.29, 0.717) is 6.54 Å². The fourth-order valence-corrected chi connectivity index (χ4v) is 3.58. The van der Waals surface area contributed by atoms with Crippen LogP contribution in [-0.4, -0.2) is 30.8 Å². The predicted octanol–water partition coefficient (Wildman–Crippen LogP) is 3.75. The maximum Gasteiger partial charge on any atom is 0.186 e. The van der Waals surface area contributed by atoms with Crippen LogP contribution >= 0.6 is 11.3 Å². The van der Waals surface area contributed by atoms with Crippen LogP contribution in [0.15, 0.2) is 12.1 Å². The molecule has 2 rings (SSSR count). The van der Waals surface area contributed by atoms with E-state index in [9.17, 15) is 4.79 Å². The molecule has 1 aromatic heterocycles. The summed E-state index contributed by atoms with van der Waals surface area (Å²) in [5.74, 6) is 1.08. The van der Waals surface area contributed by atoms with Gasteiger partial charge in [0.2, 0.25) is 0 Å². The Balaban J connectivity index is 1.79. The molecule has 0 spiro atoms. The molecule has 3 heteroatoms. The molecule has 0 saturated heterocycles. The van der Waals surface area contributed by atoms with Crippen LogP contribution in [0, 0.1) is 12.8 Å². The van der Waals surface area contributed by atoms with Crippen LogP contribution in [0.1, 0.15) is 46.7 Å². The Morgan fingerprint density at radius 2 is 2.06 bits per heavy atom. The second-order valence-corrected chi connectivity index (χ2v) is 6.82. The highest BCUT2D eigenvalue weighted by atomic mass is 32.1. The molecule has 1 fully saturated rings. The Kier molecular flexibility index (Phi) is 4.95. The lowest BCUT2D eigenvalue weighted by Gasteiger charge is -2.26. The van der Waals surface area contributed by atoms with E-state index in [2.05, 4.69) is 11.9 Å². The first kappa shape index (κ1) is 13.8. The van der Waals surface area contributed by atoms with Crippen LogP contribution in [0.3, 0.4) is 0 Å². The molecule has 0 aromatic carbocycles. The van der Waals surface area contributed by atoms with Gasteiger partial charge in [-0.2, -0.15) is 0 Å². The van der Waals surface area contributed by atoms with Crippen molar-refractivity contribution in [3.05, 3.63) is 21.9 Å². The standard InChI is InChI=1S/C15H23NOS/c1-12-8-9-15(18-12)14(17)11-16(2)10-13-6-4-3-5-7-13/h8-9,13H,3-7,10-11H2,1-2H3. The van der Waals surface area contributed by atoms with E-state index in [1.165, 1.54) is 37.0 Å². The van der Waals surface area contributed by atoms with Crippen molar-refractivity contribution < 1.29 is 4.79 Å². The molecule has 100 valence electrons. The highest BCUT2D eigenvalue weighted by Gasteiger charge is 2.17. The minimum atomic E-state index is 0.270. The number of ketones is 1. The van der Waals surface area contributed by atoms with Crippen molar-refractivity contribution in [2.75, 3.05) is 20.1 Å². The molecule has 1 aliphatic rings. The van der Waals surface area contributed by atoms with Crippen LogP contribution < -0.4 is 0 Å². The summed E-state index contributed by atoms with van der Waals surface area (Å²) in [5.41, 5.74) is 0. The van der Waals surface area contributed by atoms with Gasteiger partial charge in [-0.1, -0.05) is 19.3 Å². The molecule has 1 aliphatic carbocycles. The lowest BCUT2D eigenvalue weighted by atomic mass is 9.89. The van der Waals surface area contributed by atoms with Crippen molar-refractivity contribution >= 4 is 17.1 Å². The number of likely N-dealkylation sites (N-methyl/N-ethyl adjacent to an activating group) is 1. The van der Waals surface area contributed by atoms with Crippen LogP contribution in [0.4, 0.5) is 0 Å². The number of nitrogens with zero attached hydrogens (tertiary/aromatic N) is 1. The normalized spacial score (nSPS) is 17.3. The zero-order valence-electron chi connectivity index (χ0n) is 11.4. The number of hydrogen-bond donors (Lipinski definition) is 0. The molecule has 0 radical (unpaired) electrons. The van der Waals surface area contributed by atoms with Gasteiger partial charge in [-0.3, -0.25) is 9.69 Å². The number of carbonyl (C=O) groups excluding carboxylic acids is 1. The highest BCUT2D eigenvalue weighted by Crippen LogP contribution is 2.24. The van der Waals surface area contributed by atoms with Gasteiger partial charge in [0.05, 0.1) is 11.4 Å². The van der Waals surface area contributed by atoms with Crippen molar-refractivity contribution in [2.24, 2.45) is 5.92 Å².